The van der Waals surface area contributed by atoms with Crippen LogP contribution < -0.4 is 5.73 Å². The standard InChI is InChI=1S/C13H25NO/c1-11(2)5-6-12(15)7-8-13(3,4)9-10-14/h1,5-10,14H2,2-4H3. The van der Waals surface area contributed by atoms with Crippen LogP contribution in [0.2, 0.25) is 0 Å². The SMILES string of the molecule is C=C(C)CCC(=O)CCC(C)(C)CCN. The summed E-state index contributed by atoms with van der Waals surface area (Å²) in [5.41, 5.74) is 6.81. The summed E-state index contributed by atoms with van der Waals surface area (Å²) >= 11 is 0. The largest absolute Gasteiger partial charge is 0.330 e. The molecule has 2 heteroatoms. The van der Waals surface area contributed by atoms with Crippen LogP contribution in [0.5, 0.6) is 0 Å². The Balaban J connectivity index is 3.74. The second-order valence-corrected chi connectivity index (χ2v) is 5.20. The molecule has 0 rings (SSSR count). The van der Waals surface area contributed by atoms with Gasteiger partial charge in [0.05, 0.1) is 0 Å². The van der Waals surface area contributed by atoms with Crippen LogP contribution in [0.25, 0.3) is 0 Å². The molecule has 0 aliphatic rings. The topological polar surface area (TPSA) is 43.1 Å². The van der Waals surface area contributed by atoms with Crippen LogP contribution in [0.4, 0.5) is 0 Å². The molecule has 0 fully saturated rings. The predicted octanol–water partition coefficient (Wildman–Crippen LogP) is 3.07. The van der Waals surface area contributed by atoms with E-state index >= 15 is 0 Å². The molecule has 0 aromatic carbocycles. The van der Waals surface area contributed by atoms with E-state index in [1.807, 2.05) is 6.92 Å². The predicted molar refractivity (Wildman–Crippen MR) is 65.7 cm³/mol. The fourth-order valence-corrected chi connectivity index (χ4v) is 1.47. The maximum atomic E-state index is 11.5. The summed E-state index contributed by atoms with van der Waals surface area (Å²) in [5, 5.41) is 0. The highest BCUT2D eigenvalue weighted by atomic mass is 16.1. The Morgan fingerprint density at radius 2 is 1.80 bits per heavy atom. The maximum absolute atomic E-state index is 11.5. The van der Waals surface area contributed by atoms with Crippen LogP contribution >= 0.6 is 0 Å². The monoisotopic (exact) mass is 211 g/mol. The zero-order valence-electron chi connectivity index (χ0n) is 10.4. The number of hydrogen-bond acceptors (Lipinski definition) is 2. The lowest BCUT2D eigenvalue weighted by molar-refractivity contribution is -0.119. The number of Topliss-reactive ketones (excluding diaryl/α,β-unsaturated/α-hetero) is 1. The third-order valence-corrected chi connectivity index (χ3v) is 2.73. The van der Waals surface area contributed by atoms with Crippen molar-refractivity contribution in [3.05, 3.63) is 12.2 Å². The van der Waals surface area contributed by atoms with Crippen LogP contribution in [0, 0.1) is 5.41 Å². The normalized spacial score (nSPS) is 11.5. The summed E-state index contributed by atoms with van der Waals surface area (Å²) < 4.78 is 0. The Hall–Kier alpha value is -0.630. The Bertz CT molecular complexity index is 219. The molecule has 0 amide bonds. The molecule has 0 atom stereocenters. The van der Waals surface area contributed by atoms with Gasteiger partial charge in [-0.2, -0.15) is 0 Å². The first-order valence-electron chi connectivity index (χ1n) is 5.73. The van der Waals surface area contributed by atoms with E-state index in [1.165, 1.54) is 0 Å². The second-order valence-electron chi connectivity index (χ2n) is 5.20. The number of carbonyl (C=O) groups excluding carboxylic acids is 1. The average molecular weight is 211 g/mol. The van der Waals surface area contributed by atoms with E-state index in [0.29, 0.717) is 25.2 Å². The molecule has 0 aliphatic heterocycles. The minimum absolute atomic E-state index is 0.202. The Morgan fingerprint density at radius 3 is 2.27 bits per heavy atom. The fraction of sp³-hybridized carbons (Fsp3) is 0.769. The molecule has 0 heterocycles. The van der Waals surface area contributed by atoms with Crippen LogP contribution in [0.3, 0.4) is 0 Å². The van der Waals surface area contributed by atoms with Crippen molar-refractivity contribution in [3.63, 3.8) is 0 Å². The van der Waals surface area contributed by atoms with E-state index in [9.17, 15) is 4.79 Å². The summed E-state index contributed by atoms with van der Waals surface area (Å²) in [4.78, 5) is 11.5. The number of allylic oxidation sites excluding steroid dienone is 1. The minimum atomic E-state index is 0.202. The summed E-state index contributed by atoms with van der Waals surface area (Å²) in [7, 11) is 0. The van der Waals surface area contributed by atoms with Gasteiger partial charge < -0.3 is 5.73 Å². The molecule has 0 radical (unpaired) electrons. The van der Waals surface area contributed by atoms with Gasteiger partial charge in [-0.25, -0.2) is 0 Å². The van der Waals surface area contributed by atoms with Crippen LogP contribution in [-0.4, -0.2) is 12.3 Å². The molecule has 0 bridgehead atoms. The van der Waals surface area contributed by atoms with Crippen LogP contribution in [-0.2, 0) is 4.79 Å². The minimum Gasteiger partial charge on any atom is -0.330 e. The second kappa shape index (κ2) is 6.78. The highest BCUT2D eigenvalue weighted by Crippen LogP contribution is 2.26. The third kappa shape index (κ3) is 8.37. The van der Waals surface area contributed by atoms with Gasteiger partial charge in [-0.1, -0.05) is 19.4 Å². The third-order valence-electron chi connectivity index (χ3n) is 2.73. The van der Waals surface area contributed by atoms with Crippen molar-refractivity contribution in [2.24, 2.45) is 11.1 Å². The van der Waals surface area contributed by atoms with E-state index < -0.39 is 0 Å². The number of nitrogens with two attached hydrogens (primary N) is 1. The molecule has 88 valence electrons. The molecular weight excluding hydrogens is 186 g/mol. The Kier molecular flexibility index (Phi) is 6.50. The van der Waals surface area contributed by atoms with Gasteiger partial charge in [0.1, 0.15) is 5.78 Å². The zero-order chi connectivity index (χ0) is 11.9. The summed E-state index contributed by atoms with van der Waals surface area (Å²) in [6.07, 6.45) is 4.09. The molecule has 2 nitrogen and oxygen atoms in total. The lowest BCUT2D eigenvalue weighted by atomic mass is 9.83. The van der Waals surface area contributed by atoms with E-state index in [1.54, 1.807) is 0 Å². The van der Waals surface area contributed by atoms with Crippen molar-refractivity contribution in [2.75, 3.05) is 6.54 Å². The molecule has 0 aromatic heterocycles. The van der Waals surface area contributed by atoms with Gasteiger partial charge in [0.15, 0.2) is 0 Å². The average Bonchev–Trinajstić information content (AvgIpc) is 2.11. The number of ketones is 1. The number of hydrogen-bond donors (Lipinski definition) is 1. The van der Waals surface area contributed by atoms with Gasteiger partial charge in [0, 0.05) is 12.8 Å². The van der Waals surface area contributed by atoms with E-state index in [-0.39, 0.29) is 5.41 Å². The van der Waals surface area contributed by atoms with Crippen molar-refractivity contribution >= 4 is 5.78 Å². The molecule has 0 aromatic rings. The van der Waals surface area contributed by atoms with Crippen molar-refractivity contribution in [2.45, 2.75) is 52.9 Å². The number of carbonyl (C=O) groups is 1. The first-order valence-corrected chi connectivity index (χ1v) is 5.73. The van der Waals surface area contributed by atoms with Gasteiger partial charge in [0.2, 0.25) is 0 Å². The first-order chi connectivity index (χ1) is 6.87. The van der Waals surface area contributed by atoms with E-state index in [4.69, 9.17) is 5.73 Å². The van der Waals surface area contributed by atoms with Gasteiger partial charge in [-0.05, 0) is 38.1 Å². The van der Waals surface area contributed by atoms with Gasteiger partial charge in [-0.15, -0.1) is 6.58 Å². The smallest absolute Gasteiger partial charge is 0.133 e. The Morgan fingerprint density at radius 1 is 1.20 bits per heavy atom. The van der Waals surface area contributed by atoms with Crippen LogP contribution in [0.15, 0.2) is 12.2 Å². The molecule has 0 spiro atoms. The van der Waals surface area contributed by atoms with Gasteiger partial charge in [-0.3, -0.25) is 4.79 Å². The van der Waals surface area contributed by atoms with Crippen molar-refractivity contribution < 1.29 is 4.79 Å². The Labute approximate surface area is 93.9 Å². The molecule has 0 aliphatic carbocycles. The highest BCUT2D eigenvalue weighted by molar-refractivity contribution is 5.78. The fourth-order valence-electron chi connectivity index (χ4n) is 1.47. The molecule has 15 heavy (non-hydrogen) atoms. The highest BCUT2D eigenvalue weighted by Gasteiger charge is 2.17. The van der Waals surface area contributed by atoms with Crippen LogP contribution in [0.1, 0.15) is 52.9 Å². The lowest BCUT2D eigenvalue weighted by Crippen LogP contribution is -2.18. The molecule has 0 unspecified atom stereocenters. The molecular formula is C13H25NO. The quantitative estimate of drug-likeness (QED) is 0.627. The van der Waals surface area contributed by atoms with Crippen molar-refractivity contribution in [3.8, 4) is 0 Å². The summed E-state index contributed by atoms with van der Waals surface area (Å²) in [5.74, 6) is 0.350. The van der Waals surface area contributed by atoms with Gasteiger partial charge in [0.25, 0.3) is 0 Å². The van der Waals surface area contributed by atoms with Crippen molar-refractivity contribution in [1.29, 1.82) is 0 Å². The first kappa shape index (κ1) is 14.4. The zero-order valence-corrected chi connectivity index (χ0v) is 10.4. The summed E-state index contributed by atoms with van der Waals surface area (Å²) in [6, 6.07) is 0. The van der Waals surface area contributed by atoms with Crippen molar-refractivity contribution in [1.82, 2.24) is 0 Å². The molecule has 0 saturated carbocycles. The summed E-state index contributed by atoms with van der Waals surface area (Å²) in [6.45, 7) is 10.8. The van der Waals surface area contributed by atoms with E-state index in [0.717, 1.165) is 24.8 Å². The molecule has 0 saturated heterocycles. The molecule has 2 N–H and O–H groups in total. The number of rotatable bonds is 8. The maximum Gasteiger partial charge on any atom is 0.133 e. The van der Waals surface area contributed by atoms with Gasteiger partial charge >= 0.3 is 0 Å². The lowest BCUT2D eigenvalue weighted by Gasteiger charge is -2.23. The van der Waals surface area contributed by atoms with E-state index in [2.05, 4.69) is 20.4 Å².